The largest absolute Gasteiger partial charge is 0.307 e. The fraction of sp³-hybridized carbons (Fsp3) is 0. The van der Waals surface area contributed by atoms with Crippen molar-refractivity contribution in [3.8, 4) is 67.5 Å². The van der Waals surface area contributed by atoms with Crippen LogP contribution in [0.15, 0.2) is 216 Å². The van der Waals surface area contributed by atoms with E-state index in [1.54, 1.807) is 11.8 Å². The van der Waals surface area contributed by atoms with Gasteiger partial charge in [-0.2, -0.15) is 0 Å². The normalized spacial score (nSPS) is 11.8. The Bertz CT molecular complexity index is 2670. The summed E-state index contributed by atoms with van der Waals surface area (Å²) in [6.07, 6.45) is 0. The summed E-state index contributed by atoms with van der Waals surface area (Å²) in [5.41, 5.74) is 12.8. The lowest BCUT2D eigenvalue weighted by molar-refractivity contribution is 1.07. The molecule has 10 rings (SSSR count). The molecule has 0 N–H and O–H groups in total. The number of nitrogens with zero attached hydrogens (tertiary/aromatic N) is 4. The minimum Gasteiger partial charge on any atom is -0.307 e. The number of hydrogen-bond donors (Lipinski definition) is 0. The second-order valence-electron chi connectivity index (χ2n) is 13.6. The summed E-state index contributed by atoms with van der Waals surface area (Å²) in [4.78, 5) is 20.4. The molecule has 1 aromatic heterocycles. The number of anilines is 3. The van der Waals surface area contributed by atoms with Gasteiger partial charge in [-0.05, 0) is 69.8 Å². The number of rotatable bonds is 7. The first-order valence-corrected chi connectivity index (χ1v) is 19.5. The molecule has 0 fully saturated rings. The highest BCUT2D eigenvalue weighted by Crippen LogP contribution is 2.53. The molecule has 56 heavy (non-hydrogen) atoms. The van der Waals surface area contributed by atoms with E-state index in [1.165, 1.54) is 9.79 Å². The van der Waals surface area contributed by atoms with Gasteiger partial charge in [0.25, 0.3) is 0 Å². The molecule has 9 aromatic rings. The number of benzene rings is 8. The van der Waals surface area contributed by atoms with Crippen molar-refractivity contribution in [3.05, 3.63) is 206 Å². The Morgan fingerprint density at radius 2 is 0.732 bits per heavy atom. The van der Waals surface area contributed by atoms with E-state index >= 15 is 0 Å². The Kier molecular flexibility index (Phi) is 8.75. The van der Waals surface area contributed by atoms with Gasteiger partial charge in [-0.25, -0.2) is 15.0 Å². The summed E-state index contributed by atoms with van der Waals surface area (Å²) in [5.74, 6) is 1.84. The van der Waals surface area contributed by atoms with Crippen LogP contribution in [0.25, 0.3) is 67.5 Å². The highest BCUT2D eigenvalue weighted by atomic mass is 32.2. The van der Waals surface area contributed by atoms with Crippen molar-refractivity contribution in [1.82, 2.24) is 15.0 Å². The molecule has 0 aliphatic carbocycles. The topological polar surface area (TPSA) is 41.9 Å². The van der Waals surface area contributed by atoms with Gasteiger partial charge >= 0.3 is 0 Å². The first-order chi connectivity index (χ1) is 27.8. The first kappa shape index (κ1) is 33.5. The Morgan fingerprint density at radius 1 is 0.304 bits per heavy atom. The standard InChI is InChI=1S/C51H34N4S/c1-5-18-35(19-6-1)40-26-17-27-41(36-20-7-2-8-21-36)48(40)39-32-33-43(55-44-28-13-15-30-46(44)56-47-31-16-14-29-45(47)55)42(34-39)51-53-49(37-22-9-3-10-23-37)52-50(54-51)38-24-11-4-12-25-38/h1-34H. The van der Waals surface area contributed by atoms with Gasteiger partial charge in [0, 0.05) is 26.5 Å². The molecular formula is C51H34N4S. The third-order valence-electron chi connectivity index (χ3n) is 10.1. The van der Waals surface area contributed by atoms with E-state index < -0.39 is 0 Å². The lowest BCUT2D eigenvalue weighted by atomic mass is 9.86. The maximum absolute atomic E-state index is 5.31. The Morgan fingerprint density at radius 3 is 1.23 bits per heavy atom. The lowest BCUT2D eigenvalue weighted by Crippen LogP contribution is -2.16. The van der Waals surface area contributed by atoms with Crippen molar-refractivity contribution in [1.29, 1.82) is 0 Å². The zero-order chi connectivity index (χ0) is 37.3. The SMILES string of the molecule is c1ccc(-c2nc(-c3ccccc3)nc(-c3cc(-c4c(-c5ccccc5)cccc4-c4ccccc4)ccc3N3c4ccccc4Sc4ccccc43)n2)cc1. The van der Waals surface area contributed by atoms with Gasteiger partial charge in [-0.15, -0.1) is 0 Å². The maximum atomic E-state index is 5.31. The molecule has 5 heteroatoms. The lowest BCUT2D eigenvalue weighted by Gasteiger charge is -2.34. The molecule has 0 saturated heterocycles. The van der Waals surface area contributed by atoms with Gasteiger partial charge in [0.05, 0.1) is 17.1 Å². The van der Waals surface area contributed by atoms with E-state index in [0.717, 1.165) is 67.1 Å². The third kappa shape index (κ3) is 6.24. The van der Waals surface area contributed by atoms with E-state index in [9.17, 15) is 0 Å². The van der Waals surface area contributed by atoms with Crippen LogP contribution in [0.3, 0.4) is 0 Å². The predicted octanol–water partition coefficient (Wildman–Crippen LogP) is 13.8. The van der Waals surface area contributed by atoms with Gasteiger partial charge in [0.2, 0.25) is 0 Å². The van der Waals surface area contributed by atoms with E-state index in [-0.39, 0.29) is 0 Å². The minimum absolute atomic E-state index is 0.598. The van der Waals surface area contributed by atoms with Crippen molar-refractivity contribution in [2.75, 3.05) is 4.90 Å². The maximum Gasteiger partial charge on any atom is 0.166 e. The van der Waals surface area contributed by atoms with Crippen LogP contribution in [0, 0.1) is 0 Å². The van der Waals surface area contributed by atoms with Crippen LogP contribution >= 0.6 is 11.8 Å². The van der Waals surface area contributed by atoms with Gasteiger partial charge in [-0.3, -0.25) is 0 Å². The second kappa shape index (κ2) is 14.6. The molecule has 0 saturated carbocycles. The Labute approximate surface area is 330 Å². The van der Waals surface area contributed by atoms with Crippen molar-refractivity contribution in [2.24, 2.45) is 0 Å². The van der Waals surface area contributed by atoms with Crippen LogP contribution in [-0.2, 0) is 0 Å². The molecule has 0 radical (unpaired) electrons. The Hall–Kier alpha value is -7.08. The fourth-order valence-corrected chi connectivity index (χ4v) is 8.60. The summed E-state index contributed by atoms with van der Waals surface area (Å²) >= 11 is 1.80. The summed E-state index contributed by atoms with van der Waals surface area (Å²) < 4.78 is 0. The summed E-state index contributed by atoms with van der Waals surface area (Å²) in [6, 6.07) is 72.3. The molecule has 0 spiro atoms. The summed E-state index contributed by atoms with van der Waals surface area (Å²) in [6.45, 7) is 0. The number of para-hydroxylation sites is 2. The van der Waals surface area contributed by atoms with Gasteiger partial charge in [0.15, 0.2) is 17.5 Å². The molecule has 4 nitrogen and oxygen atoms in total. The summed E-state index contributed by atoms with van der Waals surface area (Å²) in [7, 11) is 0. The van der Waals surface area contributed by atoms with Crippen LogP contribution in [0.5, 0.6) is 0 Å². The predicted molar refractivity (Wildman–Crippen MR) is 231 cm³/mol. The summed E-state index contributed by atoms with van der Waals surface area (Å²) in [5, 5.41) is 0. The van der Waals surface area contributed by atoms with Gasteiger partial charge < -0.3 is 4.90 Å². The molecule has 0 bridgehead atoms. The van der Waals surface area contributed by atoms with Gasteiger partial charge in [0.1, 0.15) is 0 Å². The van der Waals surface area contributed by atoms with Crippen molar-refractivity contribution >= 4 is 28.8 Å². The van der Waals surface area contributed by atoms with Crippen molar-refractivity contribution < 1.29 is 0 Å². The minimum atomic E-state index is 0.598. The first-order valence-electron chi connectivity index (χ1n) is 18.7. The second-order valence-corrected chi connectivity index (χ2v) is 14.7. The van der Waals surface area contributed by atoms with E-state index in [2.05, 4.69) is 175 Å². The number of aromatic nitrogens is 3. The molecule has 2 heterocycles. The molecular weight excluding hydrogens is 701 g/mol. The Balaban J connectivity index is 1.29. The number of hydrogen-bond acceptors (Lipinski definition) is 5. The molecule has 0 atom stereocenters. The quantitative estimate of drug-likeness (QED) is 0.163. The van der Waals surface area contributed by atoms with E-state index in [4.69, 9.17) is 15.0 Å². The smallest absolute Gasteiger partial charge is 0.166 e. The average Bonchev–Trinajstić information content (AvgIpc) is 3.29. The van der Waals surface area contributed by atoms with Crippen LogP contribution in [0.1, 0.15) is 0 Å². The van der Waals surface area contributed by atoms with Crippen molar-refractivity contribution in [2.45, 2.75) is 9.79 Å². The van der Waals surface area contributed by atoms with Crippen LogP contribution in [-0.4, -0.2) is 15.0 Å². The molecule has 0 unspecified atom stereocenters. The van der Waals surface area contributed by atoms with Crippen LogP contribution < -0.4 is 4.90 Å². The highest BCUT2D eigenvalue weighted by molar-refractivity contribution is 7.99. The monoisotopic (exact) mass is 734 g/mol. The zero-order valence-electron chi connectivity index (χ0n) is 30.3. The molecule has 264 valence electrons. The van der Waals surface area contributed by atoms with Crippen LogP contribution in [0.4, 0.5) is 17.1 Å². The third-order valence-corrected chi connectivity index (χ3v) is 11.3. The average molecular weight is 735 g/mol. The molecule has 1 aliphatic rings. The van der Waals surface area contributed by atoms with E-state index in [0.29, 0.717) is 17.5 Å². The molecule has 8 aromatic carbocycles. The zero-order valence-corrected chi connectivity index (χ0v) is 31.1. The van der Waals surface area contributed by atoms with Gasteiger partial charge in [-0.1, -0.05) is 182 Å². The highest BCUT2D eigenvalue weighted by Gasteiger charge is 2.28. The van der Waals surface area contributed by atoms with Crippen molar-refractivity contribution in [3.63, 3.8) is 0 Å². The fourth-order valence-electron chi connectivity index (χ4n) is 7.54. The van der Waals surface area contributed by atoms with E-state index in [1.807, 2.05) is 36.4 Å². The number of fused-ring (bicyclic) bond motifs is 2. The molecule has 0 amide bonds. The van der Waals surface area contributed by atoms with Crippen LogP contribution in [0.2, 0.25) is 0 Å². The molecule has 1 aliphatic heterocycles.